The van der Waals surface area contributed by atoms with Crippen molar-refractivity contribution in [1.29, 1.82) is 0 Å². The van der Waals surface area contributed by atoms with Gasteiger partial charge >= 0.3 is 0 Å². The molecule has 25 heavy (non-hydrogen) atoms. The summed E-state index contributed by atoms with van der Waals surface area (Å²) in [5.74, 6) is 0.318. The van der Waals surface area contributed by atoms with Gasteiger partial charge in [-0.1, -0.05) is 12.1 Å². The van der Waals surface area contributed by atoms with Crippen molar-refractivity contribution in [1.82, 2.24) is 9.80 Å². The van der Waals surface area contributed by atoms with Crippen LogP contribution in [0.1, 0.15) is 19.3 Å². The van der Waals surface area contributed by atoms with Gasteiger partial charge in [-0.2, -0.15) is 0 Å². The average molecular weight is 352 g/mol. The molecule has 1 saturated heterocycles. The molecular formula is C19H29FN2O3. The van der Waals surface area contributed by atoms with Crippen molar-refractivity contribution in [2.45, 2.75) is 25.4 Å². The van der Waals surface area contributed by atoms with E-state index in [-0.39, 0.29) is 23.7 Å². The molecule has 6 heteroatoms. The fourth-order valence-electron chi connectivity index (χ4n) is 3.23. The number of nitrogens with zero attached hydrogens (tertiary/aromatic N) is 2. The van der Waals surface area contributed by atoms with Crippen molar-refractivity contribution < 1.29 is 18.7 Å². The quantitative estimate of drug-likeness (QED) is 0.674. The highest BCUT2D eigenvalue weighted by atomic mass is 19.1. The molecule has 0 saturated carbocycles. The Bertz CT molecular complexity index is 553. The third-order valence-electron chi connectivity index (χ3n) is 4.70. The predicted molar refractivity (Wildman–Crippen MR) is 95.2 cm³/mol. The van der Waals surface area contributed by atoms with Crippen LogP contribution in [0.5, 0.6) is 5.75 Å². The molecule has 0 radical (unpaired) electrons. The van der Waals surface area contributed by atoms with Crippen molar-refractivity contribution in [3.8, 4) is 5.75 Å². The second kappa shape index (κ2) is 9.73. The number of likely N-dealkylation sites (tertiary alicyclic amines) is 1. The molecule has 0 bridgehead atoms. The molecule has 0 N–H and O–H groups in total. The molecule has 0 spiro atoms. The Hall–Kier alpha value is -1.66. The fourth-order valence-corrected chi connectivity index (χ4v) is 3.23. The number of para-hydroxylation sites is 1. The normalized spacial score (nSPS) is 21.1. The van der Waals surface area contributed by atoms with E-state index in [9.17, 15) is 9.18 Å². The molecule has 0 aromatic heterocycles. The van der Waals surface area contributed by atoms with Crippen LogP contribution in [-0.4, -0.2) is 69.3 Å². The summed E-state index contributed by atoms with van der Waals surface area (Å²) < 4.78 is 24.6. The maximum absolute atomic E-state index is 13.5. The molecule has 2 atom stereocenters. The van der Waals surface area contributed by atoms with Crippen LogP contribution < -0.4 is 4.74 Å². The van der Waals surface area contributed by atoms with Crippen molar-refractivity contribution in [3.63, 3.8) is 0 Å². The molecule has 1 aliphatic heterocycles. The van der Waals surface area contributed by atoms with E-state index in [2.05, 4.69) is 4.90 Å². The molecule has 1 aromatic carbocycles. The van der Waals surface area contributed by atoms with E-state index >= 15 is 0 Å². The molecule has 2 rings (SSSR count). The second-order valence-electron chi connectivity index (χ2n) is 6.75. The van der Waals surface area contributed by atoms with Crippen molar-refractivity contribution >= 4 is 5.91 Å². The zero-order valence-electron chi connectivity index (χ0n) is 15.4. The van der Waals surface area contributed by atoms with Crippen LogP contribution in [0.15, 0.2) is 24.3 Å². The number of rotatable bonds is 8. The number of hydrogen-bond donors (Lipinski definition) is 0. The van der Waals surface area contributed by atoms with Crippen LogP contribution in [0.4, 0.5) is 4.39 Å². The number of piperidine rings is 1. The van der Waals surface area contributed by atoms with Crippen LogP contribution in [-0.2, 0) is 9.53 Å². The van der Waals surface area contributed by atoms with Gasteiger partial charge in [0.25, 0.3) is 0 Å². The number of carbonyl (C=O) groups is 1. The summed E-state index contributed by atoms with van der Waals surface area (Å²) in [5.41, 5.74) is 0. The van der Waals surface area contributed by atoms with Gasteiger partial charge in [-0.15, -0.1) is 0 Å². The number of methoxy groups -OCH3 is 1. The first-order chi connectivity index (χ1) is 12.0. The topological polar surface area (TPSA) is 42.0 Å². The standard InChI is InChI=1S/C19H29FN2O3/c1-21(2)19(23)13-15-14-22(11-9-17(15)24-3)10-6-12-25-18-8-5-4-7-16(18)20/h4-5,7-8,15,17H,6,9-14H2,1-3H3/t15-,17-/m1/s1. The summed E-state index contributed by atoms with van der Waals surface area (Å²) in [5, 5.41) is 0. The van der Waals surface area contributed by atoms with Gasteiger partial charge in [0.1, 0.15) is 0 Å². The lowest BCUT2D eigenvalue weighted by Crippen LogP contribution is -2.46. The minimum atomic E-state index is -0.328. The SMILES string of the molecule is CO[C@@H]1CCN(CCCOc2ccccc2F)C[C@H]1CC(=O)N(C)C. The summed E-state index contributed by atoms with van der Waals surface area (Å²) in [4.78, 5) is 16.0. The lowest BCUT2D eigenvalue weighted by atomic mass is 9.91. The van der Waals surface area contributed by atoms with Gasteiger partial charge in [-0.3, -0.25) is 4.79 Å². The predicted octanol–water partition coefficient (Wildman–Crippen LogP) is 2.41. The maximum atomic E-state index is 13.5. The van der Waals surface area contributed by atoms with Gasteiger partial charge in [0.15, 0.2) is 11.6 Å². The van der Waals surface area contributed by atoms with Gasteiger partial charge < -0.3 is 19.3 Å². The zero-order chi connectivity index (χ0) is 18.2. The highest BCUT2D eigenvalue weighted by molar-refractivity contribution is 5.75. The van der Waals surface area contributed by atoms with E-state index in [0.29, 0.717) is 18.8 Å². The molecule has 1 aliphatic rings. The molecule has 1 aromatic rings. The van der Waals surface area contributed by atoms with E-state index in [1.165, 1.54) is 6.07 Å². The molecule has 1 fully saturated rings. The summed E-state index contributed by atoms with van der Waals surface area (Å²) in [6, 6.07) is 6.46. The molecule has 1 heterocycles. The number of ether oxygens (including phenoxy) is 2. The Morgan fingerprint density at radius 2 is 2.12 bits per heavy atom. The van der Waals surface area contributed by atoms with Crippen LogP contribution in [0.25, 0.3) is 0 Å². The Balaban J connectivity index is 1.76. The van der Waals surface area contributed by atoms with E-state index in [1.54, 1.807) is 44.3 Å². The van der Waals surface area contributed by atoms with Crippen LogP contribution in [0.2, 0.25) is 0 Å². The monoisotopic (exact) mass is 352 g/mol. The molecule has 0 unspecified atom stereocenters. The van der Waals surface area contributed by atoms with E-state index in [1.807, 2.05) is 0 Å². The average Bonchev–Trinajstić information content (AvgIpc) is 2.60. The van der Waals surface area contributed by atoms with Crippen LogP contribution >= 0.6 is 0 Å². The van der Waals surface area contributed by atoms with Gasteiger partial charge in [-0.25, -0.2) is 4.39 Å². The van der Waals surface area contributed by atoms with Gasteiger partial charge in [0.2, 0.25) is 5.91 Å². The highest BCUT2D eigenvalue weighted by Crippen LogP contribution is 2.23. The lowest BCUT2D eigenvalue weighted by molar-refractivity contribution is -0.132. The Labute approximate surface area is 149 Å². The van der Waals surface area contributed by atoms with Crippen LogP contribution in [0.3, 0.4) is 0 Å². The number of halogens is 1. The first-order valence-corrected chi connectivity index (χ1v) is 8.84. The number of benzene rings is 1. The highest BCUT2D eigenvalue weighted by Gasteiger charge is 2.31. The third kappa shape index (κ3) is 5.97. The van der Waals surface area contributed by atoms with Crippen molar-refractivity contribution in [3.05, 3.63) is 30.1 Å². The summed E-state index contributed by atoms with van der Waals surface area (Å²) in [6.45, 7) is 3.15. The number of amides is 1. The van der Waals surface area contributed by atoms with Crippen LogP contribution in [0, 0.1) is 11.7 Å². The summed E-state index contributed by atoms with van der Waals surface area (Å²) in [7, 11) is 5.28. The Morgan fingerprint density at radius 3 is 2.80 bits per heavy atom. The minimum absolute atomic E-state index is 0.134. The van der Waals surface area contributed by atoms with Gasteiger partial charge in [0, 0.05) is 53.2 Å². The molecule has 1 amide bonds. The van der Waals surface area contributed by atoms with Gasteiger partial charge in [0.05, 0.1) is 12.7 Å². The van der Waals surface area contributed by atoms with Crippen molar-refractivity contribution in [2.24, 2.45) is 5.92 Å². The Kier molecular flexibility index (Phi) is 7.65. The van der Waals surface area contributed by atoms with E-state index in [0.717, 1.165) is 32.5 Å². The van der Waals surface area contributed by atoms with E-state index in [4.69, 9.17) is 9.47 Å². The maximum Gasteiger partial charge on any atom is 0.222 e. The molecular weight excluding hydrogens is 323 g/mol. The molecule has 0 aliphatic carbocycles. The molecule has 5 nitrogen and oxygen atoms in total. The lowest BCUT2D eigenvalue weighted by Gasteiger charge is -2.38. The largest absolute Gasteiger partial charge is 0.490 e. The zero-order valence-corrected chi connectivity index (χ0v) is 15.4. The van der Waals surface area contributed by atoms with E-state index < -0.39 is 0 Å². The minimum Gasteiger partial charge on any atom is -0.490 e. The first kappa shape index (κ1) is 19.7. The summed E-state index contributed by atoms with van der Waals surface area (Å²) >= 11 is 0. The summed E-state index contributed by atoms with van der Waals surface area (Å²) in [6.07, 6.45) is 2.39. The first-order valence-electron chi connectivity index (χ1n) is 8.84. The number of carbonyl (C=O) groups excluding carboxylic acids is 1. The smallest absolute Gasteiger partial charge is 0.222 e. The third-order valence-corrected chi connectivity index (χ3v) is 4.70. The molecule has 140 valence electrons. The second-order valence-corrected chi connectivity index (χ2v) is 6.75. The number of hydrogen-bond acceptors (Lipinski definition) is 4. The Morgan fingerprint density at radius 1 is 1.36 bits per heavy atom. The van der Waals surface area contributed by atoms with Crippen molar-refractivity contribution in [2.75, 3.05) is 47.4 Å². The fraction of sp³-hybridized carbons (Fsp3) is 0.632. The van der Waals surface area contributed by atoms with Gasteiger partial charge in [-0.05, 0) is 25.0 Å².